The van der Waals surface area contributed by atoms with Gasteiger partial charge in [-0.05, 0) is 32.6 Å². The van der Waals surface area contributed by atoms with Crippen molar-refractivity contribution in [3.8, 4) is 54.2 Å². The molecule has 0 aromatic heterocycles. The van der Waals surface area contributed by atoms with E-state index < -0.39 is 17.3 Å². The smallest absolute Gasteiger partial charge is 0.134 e. The summed E-state index contributed by atoms with van der Waals surface area (Å²) in [5, 5.41) is 27.5. The fraction of sp³-hybridized carbons (Fsp3) is 0.625. The van der Waals surface area contributed by atoms with Gasteiger partial charge >= 0.3 is 0 Å². The summed E-state index contributed by atoms with van der Waals surface area (Å²) in [6.45, 7) is 8.09. The fourth-order valence-corrected chi connectivity index (χ4v) is 2.60. The summed E-state index contributed by atoms with van der Waals surface area (Å²) in [7, 11) is 0. The average molecular weight is 360 g/mol. The summed E-state index contributed by atoms with van der Waals surface area (Å²) in [6, 6.07) is 6.15. The van der Waals surface area contributed by atoms with Gasteiger partial charge in [0.1, 0.15) is 5.92 Å². The largest absolute Gasteiger partial charge is 0.198 e. The Hall–Kier alpha value is -2.85. The Morgan fingerprint density at radius 1 is 0.889 bits per heavy atom. The number of hydrogen-bond donors (Lipinski definition) is 0. The first-order valence-electron chi connectivity index (χ1n) is 9.57. The number of nitrogens with zero attached hydrogens (tertiary/aromatic N) is 3. The maximum Gasteiger partial charge on any atom is 0.134 e. The molecule has 0 aromatic rings. The minimum Gasteiger partial charge on any atom is -0.198 e. The van der Waals surface area contributed by atoms with Gasteiger partial charge in [-0.1, -0.05) is 38.5 Å². The van der Waals surface area contributed by atoms with Crippen molar-refractivity contribution in [3.63, 3.8) is 0 Å². The standard InChI is InChI=1S/C24H29N3/c1-6-11-20(7-2)13-14-21(8-3)12-10-15-24(5,9-4)23(19-27)16-22(17-25)18-26/h1,20-23H,7-9,11-12,16H2,2-5H3. The molecule has 27 heavy (non-hydrogen) atoms. The van der Waals surface area contributed by atoms with Crippen LogP contribution in [0.1, 0.15) is 66.2 Å². The fourth-order valence-electron chi connectivity index (χ4n) is 2.60. The number of nitriles is 3. The number of terminal acetylenes is 1. The highest BCUT2D eigenvalue weighted by Crippen LogP contribution is 2.34. The molecule has 0 amide bonds. The van der Waals surface area contributed by atoms with Gasteiger partial charge in [-0.3, -0.25) is 0 Å². The van der Waals surface area contributed by atoms with Crippen molar-refractivity contribution < 1.29 is 0 Å². The van der Waals surface area contributed by atoms with Crippen molar-refractivity contribution in [1.29, 1.82) is 15.8 Å². The molecule has 0 aliphatic carbocycles. The van der Waals surface area contributed by atoms with E-state index in [9.17, 15) is 5.26 Å². The van der Waals surface area contributed by atoms with Crippen LogP contribution in [0.5, 0.6) is 0 Å². The van der Waals surface area contributed by atoms with Crippen LogP contribution in [0.15, 0.2) is 0 Å². The van der Waals surface area contributed by atoms with Crippen molar-refractivity contribution in [2.24, 2.45) is 29.1 Å². The lowest BCUT2D eigenvalue weighted by Gasteiger charge is -2.27. The maximum absolute atomic E-state index is 9.54. The van der Waals surface area contributed by atoms with Crippen molar-refractivity contribution in [1.82, 2.24) is 0 Å². The Kier molecular flexibility index (Phi) is 12.0. The Bertz CT molecular complexity index is 731. The van der Waals surface area contributed by atoms with Crippen LogP contribution < -0.4 is 0 Å². The van der Waals surface area contributed by atoms with Crippen LogP contribution in [0.3, 0.4) is 0 Å². The molecule has 0 saturated carbocycles. The summed E-state index contributed by atoms with van der Waals surface area (Å²) >= 11 is 0. The van der Waals surface area contributed by atoms with Gasteiger partial charge in [-0.25, -0.2) is 0 Å². The molecule has 0 rings (SSSR count). The van der Waals surface area contributed by atoms with Crippen LogP contribution >= 0.6 is 0 Å². The van der Waals surface area contributed by atoms with Crippen LogP contribution in [0.25, 0.3) is 0 Å². The lowest BCUT2D eigenvalue weighted by atomic mass is 9.72. The summed E-state index contributed by atoms with van der Waals surface area (Å²) in [4.78, 5) is 0. The van der Waals surface area contributed by atoms with Crippen molar-refractivity contribution >= 4 is 0 Å². The van der Waals surface area contributed by atoms with Gasteiger partial charge in [0, 0.05) is 30.1 Å². The van der Waals surface area contributed by atoms with E-state index in [1.807, 2.05) is 26.0 Å². The lowest BCUT2D eigenvalue weighted by Crippen LogP contribution is -2.26. The zero-order valence-corrected chi connectivity index (χ0v) is 17.0. The lowest BCUT2D eigenvalue weighted by molar-refractivity contribution is 0.294. The molecule has 0 bridgehead atoms. The Morgan fingerprint density at radius 2 is 1.44 bits per heavy atom. The molecule has 0 radical (unpaired) electrons. The first-order valence-corrected chi connectivity index (χ1v) is 9.57. The molecule has 4 atom stereocenters. The summed E-state index contributed by atoms with van der Waals surface area (Å²) < 4.78 is 0. The normalized spacial score (nSPS) is 15.0. The SMILES string of the molecule is C#CCC(C#CC(CC)CC#CC(C)(CC)C(C#N)CC(C#N)C#N)CC. The maximum atomic E-state index is 9.54. The quantitative estimate of drug-likeness (QED) is 0.568. The second kappa shape index (κ2) is 13.4. The van der Waals surface area contributed by atoms with E-state index in [1.165, 1.54) is 0 Å². The molecule has 3 heteroatoms. The summed E-state index contributed by atoms with van der Waals surface area (Å²) in [5.41, 5.74) is -0.540. The first-order chi connectivity index (χ1) is 12.9. The molecular formula is C24H29N3. The Morgan fingerprint density at radius 3 is 1.85 bits per heavy atom. The zero-order valence-electron chi connectivity index (χ0n) is 17.0. The third kappa shape index (κ3) is 8.38. The summed E-state index contributed by atoms with van der Waals surface area (Å²) in [5.74, 6) is 14.9. The van der Waals surface area contributed by atoms with E-state index in [0.717, 1.165) is 12.8 Å². The zero-order chi connectivity index (χ0) is 20.7. The molecule has 0 aliphatic heterocycles. The van der Waals surface area contributed by atoms with E-state index in [0.29, 0.717) is 19.3 Å². The highest BCUT2D eigenvalue weighted by Gasteiger charge is 2.33. The van der Waals surface area contributed by atoms with E-state index >= 15 is 0 Å². The van der Waals surface area contributed by atoms with Crippen molar-refractivity contribution in [2.45, 2.75) is 66.2 Å². The van der Waals surface area contributed by atoms with Crippen LogP contribution in [0, 0.1) is 99.1 Å². The molecular weight excluding hydrogens is 330 g/mol. The van der Waals surface area contributed by atoms with Gasteiger partial charge in [-0.2, -0.15) is 15.8 Å². The predicted molar refractivity (Wildman–Crippen MR) is 108 cm³/mol. The van der Waals surface area contributed by atoms with Gasteiger partial charge in [0.2, 0.25) is 0 Å². The highest BCUT2D eigenvalue weighted by molar-refractivity contribution is 5.20. The minimum absolute atomic E-state index is 0.178. The molecule has 0 aromatic carbocycles. The number of rotatable bonds is 8. The molecule has 0 heterocycles. The van der Waals surface area contributed by atoms with Crippen molar-refractivity contribution in [2.75, 3.05) is 0 Å². The van der Waals surface area contributed by atoms with E-state index in [2.05, 4.69) is 49.5 Å². The Labute approximate surface area is 165 Å². The highest BCUT2D eigenvalue weighted by atomic mass is 14.4. The third-order valence-electron chi connectivity index (χ3n) is 5.01. The summed E-state index contributed by atoms with van der Waals surface area (Å²) in [6.07, 6.45) is 9.45. The third-order valence-corrected chi connectivity index (χ3v) is 5.01. The average Bonchev–Trinajstić information content (AvgIpc) is 2.70. The molecule has 0 N–H and O–H groups in total. The van der Waals surface area contributed by atoms with Crippen LogP contribution in [-0.4, -0.2) is 0 Å². The second-order valence-electron chi connectivity index (χ2n) is 6.91. The van der Waals surface area contributed by atoms with Crippen LogP contribution in [0.2, 0.25) is 0 Å². The van der Waals surface area contributed by atoms with Crippen molar-refractivity contribution in [3.05, 3.63) is 0 Å². The molecule has 0 saturated heterocycles. The van der Waals surface area contributed by atoms with Gasteiger partial charge < -0.3 is 0 Å². The van der Waals surface area contributed by atoms with Gasteiger partial charge in [0.15, 0.2) is 0 Å². The van der Waals surface area contributed by atoms with E-state index in [-0.39, 0.29) is 18.3 Å². The predicted octanol–water partition coefficient (Wildman–Crippen LogP) is 5.07. The van der Waals surface area contributed by atoms with E-state index in [1.54, 1.807) is 0 Å². The first kappa shape index (κ1) is 24.1. The van der Waals surface area contributed by atoms with E-state index in [4.69, 9.17) is 16.9 Å². The number of hydrogen-bond acceptors (Lipinski definition) is 3. The molecule has 0 fully saturated rings. The van der Waals surface area contributed by atoms with Crippen LogP contribution in [-0.2, 0) is 0 Å². The van der Waals surface area contributed by atoms with Gasteiger partial charge in [0.05, 0.1) is 24.1 Å². The molecule has 3 nitrogen and oxygen atoms in total. The monoisotopic (exact) mass is 359 g/mol. The molecule has 140 valence electrons. The second-order valence-corrected chi connectivity index (χ2v) is 6.91. The van der Waals surface area contributed by atoms with Gasteiger partial charge in [-0.15, -0.1) is 18.3 Å². The Balaban J connectivity index is 5.26. The van der Waals surface area contributed by atoms with Gasteiger partial charge in [0.25, 0.3) is 0 Å². The molecule has 0 aliphatic rings. The molecule has 0 spiro atoms. The topological polar surface area (TPSA) is 71.4 Å². The van der Waals surface area contributed by atoms with Crippen LogP contribution in [0.4, 0.5) is 0 Å². The molecule has 4 unspecified atom stereocenters. The minimum atomic E-state index is -0.779.